The number of rotatable bonds is 7. The Labute approximate surface area is 162 Å². The lowest BCUT2D eigenvalue weighted by atomic mass is 9.79. The minimum absolute atomic E-state index is 0.718. The topological polar surface area (TPSA) is 0 Å². The normalized spacial score (nSPS) is 20.3. The van der Waals surface area contributed by atoms with E-state index in [1.807, 2.05) is 12.1 Å². The highest BCUT2D eigenvalue weighted by molar-refractivity contribution is 5.63. The summed E-state index contributed by atoms with van der Waals surface area (Å²) in [6.07, 6.45) is 14.9. The fraction of sp³-hybridized carbons (Fsp3) is 0.440. The number of hydrogen-bond acceptors (Lipinski definition) is 0. The molecule has 0 nitrogen and oxygen atoms in total. The van der Waals surface area contributed by atoms with E-state index < -0.39 is 11.6 Å². The Kier molecular flexibility index (Phi) is 7.20. The Morgan fingerprint density at radius 1 is 0.889 bits per heavy atom. The highest BCUT2D eigenvalue weighted by atomic mass is 19.2. The lowest BCUT2D eigenvalue weighted by Gasteiger charge is -2.26. The van der Waals surface area contributed by atoms with Gasteiger partial charge in [0.15, 0.2) is 11.6 Å². The maximum absolute atomic E-state index is 13.4. The molecule has 0 spiro atoms. The zero-order valence-corrected chi connectivity index (χ0v) is 16.3. The molecule has 2 heteroatoms. The van der Waals surface area contributed by atoms with E-state index in [9.17, 15) is 8.78 Å². The van der Waals surface area contributed by atoms with Crippen molar-refractivity contribution in [2.24, 2.45) is 11.8 Å². The van der Waals surface area contributed by atoms with Crippen molar-refractivity contribution < 1.29 is 8.78 Å². The molecule has 2 aromatic carbocycles. The molecule has 0 heterocycles. The molecular weight excluding hydrogens is 338 g/mol. The average Bonchev–Trinajstić information content (AvgIpc) is 2.70. The van der Waals surface area contributed by atoms with E-state index in [1.165, 1.54) is 62.6 Å². The van der Waals surface area contributed by atoms with Crippen molar-refractivity contribution in [2.45, 2.75) is 58.3 Å². The van der Waals surface area contributed by atoms with Gasteiger partial charge in [-0.3, -0.25) is 0 Å². The van der Waals surface area contributed by atoms with Crippen LogP contribution in [0, 0.1) is 23.5 Å². The van der Waals surface area contributed by atoms with E-state index in [4.69, 9.17) is 0 Å². The van der Waals surface area contributed by atoms with Crippen molar-refractivity contribution in [2.75, 3.05) is 0 Å². The first kappa shape index (κ1) is 19.8. The Morgan fingerprint density at radius 3 is 2.26 bits per heavy atom. The van der Waals surface area contributed by atoms with Crippen molar-refractivity contribution in [3.63, 3.8) is 0 Å². The molecule has 0 N–H and O–H groups in total. The largest absolute Gasteiger partial charge is 0.204 e. The molecule has 144 valence electrons. The van der Waals surface area contributed by atoms with Gasteiger partial charge in [-0.25, -0.2) is 8.78 Å². The predicted octanol–water partition coefficient (Wildman–Crippen LogP) is 7.73. The van der Waals surface area contributed by atoms with E-state index in [0.29, 0.717) is 0 Å². The minimum Gasteiger partial charge on any atom is -0.204 e. The van der Waals surface area contributed by atoms with Gasteiger partial charge in [0.25, 0.3) is 0 Å². The summed E-state index contributed by atoms with van der Waals surface area (Å²) in [5.41, 5.74) is 2.97. The minimum atomic E-state index is -0.800. The molecule has 1 fully saturated rings. The lowest BCUT2D eigenvalue weighted by Crippen LogP contribution is -2.13. The summed E-state index contributed by atoms with van der Waals surface area (Å²) in [7, 11) is 0. The molecule has 0 aliphatic heterocycles. The second-order valence-corrected chi connectivity index (χ2v) is 7.86. The molecule has 1 aliphatic carbocycles. The summed E-state index contributed by atoms with van der Waals surface area (Å²) >= 11 is 0. The van der Waals surface area contributed by atoms with Crippen LogP contribution >= 0.6 is 0 Å². The molecule has 0 unspecified atom stereocenters. The third-order valence-corrected chi connectivity index (χ3v) is 5.80. The summed E-state index contributed by atoms with van der Waals surface area (Å²) in [6.45, 7) is 2.23. The summed E-state index contributed by atoms with van der Waals surface area (Å²) in [6, 6.07) is 12.3. The molecule has 1 saturated carbocycles. The third kappa shape index (κ3) is 5.76. The molecule has 0 radical (unpaired) electrons. The van der Waals surface area contributed by atoms with Gasteiger partial charge in [0.1, 0.15) is 0 Å². The standard InChI is InChI=1S/C25H30F2/c1-2-3-4-5-19-6-8-20(9-7-19)10-11-21-12-14-22(15-13-21)23-16-17-24(26)25(27)18-23/h4-5,12-20H,2-3,6-11H2,1H3. The van der Waals surface area contributed by atoms with Crippen LogP contribution in [0.5, 0.6) is 0 Å². The van der Waals surface area contributed by atoms with Crippen LogP contribution in [0.3, 0.4) is 0 Å². The first-order valence-electron chi connectivity index (χ1n) is 10.4. The van der Waals surface area contributed by atoms with Crippen molar-refractivity contribution in [3.8, 4) is 11.1 Å². The molecule has 2 aromatic rings. The highest BCUT2D eigenvalue weighted by Crippen LogP contribution is 2.32. The van der Waals surface area contributed by atoms with Crippen molar-refractivity contribution in [1.29, 1.82) is 0 Å². The molecule has 0 atom stereocenters. The van der Waals surface area contributed by atoms with Crippen LogP contribution in [0.25, 0.3) is 11.1 Å². The van der Waals surface area contributed by atoms with E-state index >= 15 is 0 Å². The van der Waals surface area contributed by atoms with Crippen LogP contribution < -0.4 is 0 Å². The van der Waals surface area contributed by atoms with E-state index in [1.54, 1.807) is 6.07 Å². The molecular formula is C25H30F2. The van der Waals surface area contributed by atoms with Crippen molar-refractivity contribution >= 4 is 0 Å². The van der Waals surface area contributed by atoms with Gasteiger partial charge in [-0.2, -0.15) is 0 Å². The first-order valence-corrected chi connectivity index (χ1v) is 10.4. The van der Waals surface area contributed by atoms with E-state index in [2.05, 4.69) is 31.2 Å². The maximum Gasteiger partial charge on any atom is 0.159 e. The molecule has 0 aromatic heterocycles. The molecule has 0 amide bonds. The number of allylic oxidation sites excluding steroid dienone is 2. The van der Waals surface area contributed by atoms with Gasteiger partial charge >= 0.3 is 0 Å². The van der Waals surface area contributed by atoms with Crippen LogP contribution in [0.1, 0.15) is 57.4 Å². The van der Waals surface area contributed by atoms with E-state index in [-0.39, 0.29) is 0 Å². The van der Waals surface area contributed by atoms with E-state index in [0.717, 1.165) is 29.4 Å². The molecule has 27 heavy (non-hydrogen) atoms. The monoisotopic (exact) mass is 368 g/mol. The summed E-state index contributed by atoms with van der Waals surface area (Å²) in [4.78, 5) is 0. The van der Waals surface area contributed by atoms with Gasteiger partial charge in [-0.15, -0.1) is 0 Å². The van der Waals surface area contributed by atoms with Crippen molar-refractivity contribution in [3.05, 3.63) is 71.8 Å². The lowest BCUT2D eigenvalue weighted by molar-refractivity contribution is 0.296. The Balaban J connectivity index is 1.47. The Morgan fingerprint density at radius 2 is 1.59 bits per heavy atom. The zero-order chi connectivity index (χ0) is 19.1. The predicted molar refractivity (Wildman–Crippen MR) is 110 cm³/mol. The third-order valence-electron chi connectivity index (χ3n) is 5.80. The number of unbranched alkanes of at least 4 members (excludes halogenated alkanes) is 1. The second-order valence-electron chi connectivity index (χ2n) is 7.86. The van der Waals surface area contributed by atoms with Crippen LogP contribution in [-0.2, 0) is 6.42 Å². The second kappa shape index (κ2) is 9.82. The number of aryl methyl sites for hydroxylation is 1. The fourth-order valence-electron chi connectivity index (χ4n) is 4.04. The van der Waals surface area contributed by atoms with Gasteiger partial charge in [-0.1, -0.05) is 55.8 Å². The molecule has 1 aliphatic rings. The molecule has 0 bridgehead atoms. The molecule has 0 saturated heterocycles. The average molecular weight is 369 g/mol. The Bertz CT molecular complexity index is 737. The quantitative estimate of drug-likeness (QED) is 0.439. The number of halogens is 2. The number of hydrogen-bond donors (Lipinski definition) is 0. The maximum atomic E-state index is 13.4. The van der Waals surface area contributed by atoms with Crippen LogP contribution in [-0.4, -0.2) is 0 Å². The summed E-state index contributed by atoms with van der Waals surface area (Å²) in [5.74, 6) is 0.0394. The SMILES string of the molecule is CCCC=CC1CCC(CCc2ccc(-c3ccc(F)c(F)c3)cc2)CC1. The van der Waals surface area contributed by atoms with Gasteiger partial charge in [0.05, 0.1) is 0 Å². The first-order chi connectivity index (χ1) is 13.2. The highest BCUT2D eigenvalue weighted by Gasteiger charge is 2.19. The smallest absolute Gasteiger partial charge is 0.159 e. The summed E-state index contributed by atoms with van der Waals surface area (Å²) < 4.78 is 26.5. The van der Waals surface area contributed by atoms with Gasteiger partial charge in [0, 0.05) is 0 Å². The van der Waals surface area contributed by atoms with Gasteiger partial charge in [-0.05, 0) is 85.6 Å². The Hall–Kier alpha value is -1.96. The number of benzene rings is 2. The van der Waals surface area contributed by atoms with Crippen LogP contribution in [0.2, 0.25) is 0 Å². The van der Waals surface area contributed by atoms with Crippen LogP contribution in [0.4, 0.5) is 8.78 Å². The summed E-state index contributed by atoms with van der Waals surface area (Å²) in [5, 5.41) is 0. The van der Waals surface area contributed by atoms with Gasteiger partial charge < -0.3 is 0 Å². The van der Waals surface area contributed by atoms with Gasteiger partial charge in [0.2, 0.25) is 0 Å². The van der Waals surface area contributed by atoms with Crippen LogP contribution in [0.15, 0.2) is 54.6 Å². The molecule has 3 rings (SSSR count). The zero-order valence-electron chi connectivity index (χ0n) is 16.3. The van der Waals surface area contributed by atoms with Crippen molar-refractivity contribution in [1.82, 2.24) is 0 Å². The fourth-order valence-corrected chi connectivity index (χ4v) is 4.04.